The predicted octanol–water partition coefficient (Wildman–Crippen LogP) is 4.73. The van der Waals surface area contributed by atoms with Crippen LogP contribution in [0, 0.1) is 23.7 Å². The zero-order chi connectivity index (χ0) is 16.9. The number of thioether (sulfide) groups is 1. The van der Waals surface area contributed by atoms with Crippen molar-refractivity contribution in [3.63, 3.8) is 0 Å². The maximum Gasteiger partial charge on any atom is 0.201 e. The Morgan fingerprint density at radius 2 is 1.92 bits per heavy atom. The lowest BCUT2D eigenvalue weighted by Crippen LogP contribution is -2.70. The molecule has 4 heterocycles. The van der Waals surface area contributed by atoms with Crippen LogP contribution in [0.2, 0.25) is 0 Å². The number of rotatable bonds is 4. The zero-order valence-corrected chi connectivity index (χ0v) is 16.3. The largest absolute Gasteiger partial charge is 0.335 e. The van der Waals surface area contributed by atoms with Crippen LogP contribution in [0.5, 0.6) is 0 Å². The maximum atomic E-state index is 6.54. The molecular formula is C19H32O4S. The third-order valence-corrected chi connectivity index (χ3v) is 8.27. The Labute approximate surface area is 150 Å². The highest BCUT2D eigenvalue weighted by Crippen LogP contribution is 2.61. The summed E-state index contributed by atoms with van der Waals surface area (Å²) in [6.07, 6.45) is 6.65. The second-order valence-corrected chi connectivity index (χ2v) is 9.70. The van der Waals surface area contributed by atoms with Gasteiger partial charge in [-0.15, -0.1) is 11.8 Å². The molecule has 1 saturated carbocycles. The minimum absolute atomic E-state index is 0.206. The SMILES string of the molecule is CCCCS[C@H]1O[C@@H]2OC3(C)CCC4[C@H](C)CCC([C@H]1C)[C@]42OO3. The molecule has 1 aliphatic carbocycles. The van der Waals surface area contributed by atoms with E-state index in [2.05, 4.69) is 20.8 Å². The molecular weight excluding hydrogens is 324 g/mol. The molecule has 5 heteroatoms. The molecule has 138 valence electrons. The number of ether oxygens (including phenoxy) is 2. The van der Waals surface area contributed by atoms with Gasteiger partial charge in [0, 0.05) is 12.3 Å². The first kappa shape index (κ1) is 17.6. The van der Waals surface area contributed by atoms with Crippen molar-refractivity contribution < 1.29 is 19.2 Å². The molecule has 0 N–H and O–H groups in total. The first-order valence-electron chi connectivity index (χ1n) is 9.82. The molecule has 0 amide bonds. The standard InChI is InChI=1S/C19H32O4S/c1-5-6-11-24-16-13(3)15-8-7-12(2)14-9-10-18(4)21-17(20-16)19(14,15)23-22-18/h12-17H,5-11H2,1-4H3/t12-,13-,14?,15?,16-,17-,18?,19-/m1/s1. The van der Waals surface area contributed by atoms with Crippen LogP contribution in [0.1, 0.15) is 66.2 Å². The molecule has 5 aliphatic rings. The lowest BCUT2D eigenvalue weighted by atomic mass is 9.58. The third kappa shape index (κ3) is 2.58. The first-order valence-corrected chi connectivity index (χ1v) is 10.9. The molecule has 0 aromatic carbocycles. The van der Waals surface area contributed by atoms with Crippen LogP contribution in [0.15, 0.2) is 0 Å². The molecule has 4 aliphatic heterocycles. The van der Waals surface area contributed by atoms with Crippen molar-refractivity contribution in [1.82, 2.24) is 0 Å². The normalized spacial score (nSPS) is 53.5. The summed E-state index contributed by atoms with van der Waals surface area (Å²) in [5.74, 6) is 2.53. The fourth-order valence-electron chi connectivity index (χ4n) is 5.41. The van der Waals surface area contributed by atoms with Crippen LogP contribution in [0.3, 0.4) is 0 Å². The Morgan fingerprint density at radius 1 is 1.08 bits per heavy atom. The van der Waals surface area contributed by atoms with Crippen LogP contribution in [-0.2, 0) is 19.2 Å². The third-order valence-electron chi connectivity index (χ3n) is 6.88. The van der Waals surface area contributed by atoms with Crippen molar-refractivity contribution in [3.05, 3.63) is 0 Å². The number of hydrogen-bond acceptors (Lipinski definition) is 5. The summed E-state index contributed by atoms with van der Waals surface area (Å²) < 4.78 is 12.9. The van der Waals surface area contributed by atoms with E-state index >= 15 is 0 Å². The Morgan fingerprint density at radius 3 is 2.71 bits per heavy atom. The summed E-state index contributed by atoms with van der Waals surface area (Å²) in [5.41, 5.74) is -0.202. The lowest BCUT2D eigenvalue weighted by Gasteiger charge is -2.60. The zero-order valence-electron chi connectivity index (χ0n) is 15.5. The molecule has 0 aromatic rings. The highest BCUT2D eigenvalue weighted by Gasteiger charge is 2.69. The molecule has 5 rings (SSSR count). The smallest absolute Gasteiger partial charge is 0.201 e. The van der Waals surface area contributed by atoms with E-state index in [1.807, 2.05) is 18.7 Å². The molecule has 4 saturated heterocycles. The Balaban J connectivity index is 1.64. The van der Waals surface area contributed by atoms with Gasteiger partial charge in [-0.25, -0.2) is 9.78 Å². The summed E-state index contributed by atoms with van der Waals surface area (Å²) in [5, 5.41) is 0. The fraction of sp³-hybridized carbons (Fsp3) is 1.00. The van der Waals surface area contributed by atoms with Crippen molar-refractivity contribution in [2.75, 3.05) is 5.75 Å². The van der Waals surface area contributed by atoms with Gasteiger partial charge in [-0.3, -0.25) is 0 Å². The summed E-state index contributed by atoms with van der Waals surface area (Å²) >= 11 is 1.96. The Bertz CT molecular complexity index is 474. The molecule has 5 fully saturated rings. The minimum Gasteiger partial charge on any atom is -0.335 e. The van der Waals surface area contributed by atoms with Gasteiger partial charge >= 0.3 is 0 Å². The summed E-state index contributed by atoms with van der Waals surface area (Å²) in [6.45, 7) is 8.95. The monoisotopic (exact) mass is 356 g/mol. The highest BCUT2D eigenvalue weighted by molar-refractivity contribution is 7.99. The van der Waals surface area contributed by atoms with E-state index in [4.69, 9.17) is 19.2 Å². The number of fused-ring (bicyclic) bond motifs is 2. The molecule has 8 atom stereocenters. The minimum atomic E-state index is -0.656. The summed E-state index contributed by atoms with van der Waals surface area (Å²) in [4.78, 5) is 12.0. The van der Waals surface area contributed by atoms with E-state index < -0.39 is 11.4 Å². The number of hydrogen-bond donors (Lipinski definition) is 0. The second kappa shape index (κ2) is 6.41. The van der Waals surface area contributed by atoms with Gasteiger partial charge in [-0.1, -0.05) is 27.2 Å². The summed E-state index contributed by atoms with van der Waals surface area (Å²) in [7, 11) is 0. The molecule has 24 heavy (non-hydrogen) atoms. The van der Waals surface area contributed by atoms with E-state index in [0.717, 1.165) is 18.6 Å². The summed E-state index contributed by atoms with van der Waals surface area (Å²) in [6, 6.07) is 0. The molecule has 4 nitrogen and oxygen atoms in total. The Kier molecular flexibility index (Phi) is 4.70. The predicted molar refractivity (Wildman–Crippen MR) is 94.2 cm³/mol. The van der Waals surface area contributed by atoms with E-state index in [-0.39, 0.29) is 11.7 Å². The van der Waals surface area contributed by atoms with Gasteiger partial charge in [0.1, 0.15) is 5.44 Å². The van der Waals surface area contributed by atoms with Gasteiger partial charge in [0.2, 0.25) is 5.79 Å². The molecule has 0 radical (unpaired) electrons. The van der Waals surface area contributed by atoms with E-state index in [1.165, 1.54) is 25.7 Å². The van der Waals surface area contributed by atoms with Crippen molar-refractivity contribution in [3.8, 4) is 0 Å². The van der Waals surface area contributed by atoms with Gasteiger partial charge in [0.05, 0.1) is 0 Å². The van der Waals surface area contributed by atoms with Gasteiger partial charge in [-0.05, 0) is 56.1 Å². The van der Waals surface area contributed by atoms with Crippen LogP contribution in [-0.4, -0.2) is 28.9 Å². The second-order valence-electron chi connectivity index (χ2n) is 8.50. The van der Waals surface area contributed by atoms with Crippen molar-refractivity contribution in [1.29, 1.82) is 0 Å². The van der Waals surface area contributed by atoms with E-state index in [0.29, 0.717) is 23.7 Å². The molecule has 2 bridgehead atoms. The van der Waals surface area contributed by atoms with Gasteiger partial charge in [0.15, 0.2) is 11.9 Å². The first-order chi connectivity index (χ1) is 11.5. The topological polar surface area (TPSA) is 36.9 Å². The lowest BCUT2D eigenvalue weighted by molar-refractivity contribution is -0.568. The maximum absolute atomic E-state index is 6.54. The van der Waals surface area contributed by atoms with Gasteiger partial charge < -0.3 is 9.47 Å². The van der Waals surface area contributed by atoms with Crippen molar-refractivity contribution >= 4 is 11.8 Å². The van der Waals surface area contributed by atoms with Crippen LogP contribution in [0.25, 0.3) is 0 Å². The fourth-order valence-corrected chi connectivity index (χ4v) is 6.77. The molecule has 1 spiro atoms. The van der Waals surface area contributed by atoms with Gasteiger partial charge in [-0.2, -0.15) is 0 Å². The van der Waals surface area contributed by atoms with Crippen molar-refractivity contribution in [2.24, 2.45) is 23.7 Å². The average molecular weight is 357 g/mol. The molecule has 0 aromatic heterocycles. The Hall–Kier alpha value is 0.190. The average Bonchev–Trinajstić information content (AvgIpc) is 2.78. The quantitative estimate of drug-likeness (QED) is 0.538. The van der Waals surface area contributed by atoms with Crippen LogP contribution in [0.4, 0.5) is 0 Å². The van der Waals surface area contributed by atoms with E-state index in [9.17, 15) is 0 Å². The molecule has 3 unspecified atom stereocenters. The highest BCUT2D eigenvalue weighted by atomic mass is 32.2. The van der Waals surface area contributed by atoms with Crippen molar-refractivity contribution in [2.45, 2.75) is 89.3 Å². The van der Waals surface area contributed by atoms with Gasteiger partial charge in [0.25, 0.3) is 0 Å². The van der Waals surface area contributed by atoms with Crippen LogP contribution < -0.4 is 0 Å². The van der Waals surface area contributed by atoms with E-state index in [1.54, 1.807) is 0 Å². The number of unbranched alkanes of at least 4 members (excludes halogenated alkanes) is 1. The van der Waals surface area contributed by atoms with Crippen LogP contribution >= 0.6 is 11.8 Å².